The second-order valence-electron chi connectivity index (χ2n) is 3.21. The molecule has 1 aromatic heterocycles. The van der Waals surface area contributed by atoms with Gasteiger partial charge in [-0.1, -0.05) is 35.4 Å². The van der Waals surface area contributed by atoms with Gasteiger partial charge in [0.15, 0.2) is 0 Å². The summed E-state index contributed by atoms with van der Waals surface area (Å²) in [5, 5.41) is 20.9. The van der Waals surface area contributed by atoms with Crippen LogP contribution >= 0.6 is 0 Å². The first kappa shape index (κ1) is 10.5. The highest BCUT2D eigenvalue weighted by Gasteiger charge is 2.16. The van der Waals surface area contributed by atoms with Crippen LogP contribution in [0.25, 0.3) is 0 Å². The molecule has 1 unspecified atom stereocenters. The maximum absolute atomic E-state index is 10.1. The van der Waals surface area contributed by atoms with E-state index in [2.05, 4.69) is 15.4 Å². The molecule has 5 heteroatoms. The van der Waals surface area contributed by atoms with Crippen molar-refractivity contribution in [2.45, 2.75) is 6.10 Å². The van der Waals surface area contributed by atoms with E-state index in [0.717, 1.165) is 5.56 Å². The lowest BCUT2D eigenvalue weighted by molar-refractivity contribution is 0.211. The van der Waals surface area contributed by atoms with Crippen LogP contribution in [0.5, 0.6) is 5.88 Å². The summed E-state index contributed by atoms with van der Waals surface area (Å²) in [7, 11) is 1.48. The van der Waals surface area contributed by atoms with Gasteiger partial charge in [0.2, 0.25) is 5.88 Å². The molecule has 0 aliphatic carbocycles. The zero-order valence-electron chi connectivity index (χ0n) is 8.74. The monoisotopic (exact) mass is 217 g/mol. The highest BCUT2D eigenvalue weighted by Crippen LogP contribution is 2.26. The lowest BCUT2D eigenvalue weighted by atomic mass is 10.0. The number of nitrogens with zero attached hydrogens (tertiary/aromatic N) is 3. The quantitative estimate of drug-likeness (QED) is 0.829. The van der Waals surface area contributed by atoms with Crippen molar-refractivity contribution in [2.75, 3.05) is 7.11 Å². The number of rotatable bonds is 3. The Morgan fingerprint density at radius 1 is 1.25 bits per heavy atom. The summed E-state index contributed by atoms with van der Waals surface area (Å²) in [6, 6.07) is 9.24. The van der Waals surface area contributed by atoms with Crippen LogP contribution in [-0.4, -0.2) is 27.6 Å². The molecule has 0 aliphatic rings. The molecule has 16 heavy (non-hydrogen) atoms. The summed E-state index contributed by atoms with van der Waals surface area (Å²) in [5.41, 5.74) is 1.26. The highest BCUT2D eigenvalue weighted by molar-refractivity contribution is 5.33. The summed E-state index contributed by atoms with van der Waals surface area (Å²) >= 11 is 0. The molecule has 5 nitrogen and oxygen atoms in total. The smallest absolute Gasteiger partial charge is 0.242 e. The van der Waals surface area contributed by atoms with Crippen molar-refractivity contribution in [1.29, 1.82) is 0 Å². The van der Waals surface area contributed by atoms with E-state index in [0.29, 0.717) is 5.56 Å². The number of methoxy groups -OCH3 is 1. The Balaban J connectivity index is 2.37. The minimum Gasteiger partial charge on any atom is -0.480 e. The third kappa shape index (κ3) is 1.99. The van der Waals surface area contributed by atoms with E-state index in [4.69, 9.17) is 4.74 Å². The molecular formula is C11H11N3O2. The first-order chi connectivity index (χ1) is 7.83. The Hall–Kier alpha value is -2.01. The standard InChI is InChI=1S/C11H11N3O2/c1-16-11-9(7-12-14-13-11)10(15)8-5-3-2-4-6-8/h2-7,10,15H,1H3. The summed E-state index contributed by atoms with van der Waals surface area (Å²) < 4.78 is 5.01. The summed E-state index contributed by atoms with van der Waals surface area (Å²) in [6.45, 7) is 0. The Kier molecular flexibility index (Phi) is 3.07. The maximum Gasteiger partial charge on any atom is 0.242 e. The minimum atomic E-state index is -0.806. The molecule has 82 valence electrons. The molecule has 0 saturated carbocycles. The van der Waals surface area contributed by atoms with Crippen molar-refractivity contribution in [3.8, 4) is 5.88 Å². The molecule has 2 rings (SSSR count). The molecule has 0 fully saturated rings. The number of aliphatic hydroxyl groups excluding tert-OH is 1. The number of aliphatic hydroxyl groups is 1. The SMILES string of the molecule is COc1nnncc1C(O)c1ccccc1. The third-order valence-electron chi connectivity index (χ3n) is 2.23. The summed E-state index contributed by atoms with van der Waals surface area (Å²) in [4.78, 5) is 0. The van der Waals surface area contributed by atoms with E-state index in [1.165, 1.54) is 13.3 Å². The van der Waals surface area contributed by atoms with Gasteiger partial charge in [0.05, 0.1) is 18.9 Å². The molecule has 1 heterocycles. The van der Waals surface area contributed by atoms with E-state index >= 15 is 0 Å². The molecule has 0 aliphatic heterocycles. The number of hydrogen-bond donors (Lipinski definition) is 1. The van der Waals surface area contributed by atoms with Gasteiger partial charge in [0.1, 0.15) is 6.10 Å². The highest BCUT2D eigenvalue weighted by atomic mass is 16.5. The Labute approximate surface area is 92.7 Å². The van der Waals surface area contributed by atoms with Crippen molar-refractivity contribution in [2.24, 2.45) is 0 Å². The van der Waals surface area contributed by atoms with Crippen molar-refractivity contribution < 1.29 is 9.84 Å². The van der Waals surface area contributed by atoms with Crippen molar-refractivity contribution in [3.63, 3.8) is 0 Å². The Bertz CT molecular complexity index is 462. The zero-order chi connectivity index (χ0) is 11.4. The fraction of sp³-hybridized carbons (Fsp3) is 0.182. The third-order valence-corrected chi connectivity index (χ3v) is 2.23. The van der Waals surface area contributed by atoms with Gasteiger partial charge in [-0.2, -0.15) is 0 Å². The number of hydrogen-bond acceptors (Lipinski definition) is 5. The fourth-order valence-corrected chi connectivity index (χ4v) is 1.43. The topological polar surface area (TPSA) is 68.1 Å². The molecule has 1 atom stereocenters. The normalized spacial score (nSPS) is 12.1. The number of benzene rings is 1. The molecule has 2 aromatic rings. The second kappa shape index (κ2) is 4.67. The molecule has 0 radical (unpaired) electrons. The average molecular weight is 217 g/mol. The number of aromatic nitrogens is 3. The van der Waals surface area contributed by atoms with Gasteiger partial charge < -0.3 is 9.84 Å². The Morgan fingerprint density at radius 2 is 2.00 bits per heavy atom. The molecule has 1 N–H and O–H groups in total. The Morgan fingerprint density at radius 3 is 2.69 bits per heavy atom. The molecule has 1 aromatic carbocycles. The molecule has 0 amide bonds. The maximum atomic E-state index is 10.1. The first-order valence-corrected chi connectivity index (χ1v) is 4.78. The van der Waals surface area contributed by atoms with Crippen LogP contribution in [0.4, 0.5) is 0 Å². The van der Waals surface area contributed by atoms with E-state index in [-0.39, 0.29) is 5.88 Å². The van der Waals surface area contributed by atoms with Crippen LogP contribution in [0.1, 0.15) is 17.2 Å². The van der Waals surface area contributed by atoms with Gasteiger partial charge in [-0.05, 0) is 10.8 Å². The lowest BCUT2D eigenvalue weighted by Crippen LogP contribution is -2.05. The van der Waals surface area contributed by atoms with Gasteiger partial charge in [-0.15, -0.1) is 5.10 Å². The first-order valence-electron chi connectivity index (χ1n) is 4.78. The second-order valence-corrected chi connectivity index (χ2v) is 3.21. The van der Waals surface area contributed by atoms with Gasteiger partial charge in [0.25, 0.3) is 0 Å². The van der Waals surface area contributed by atoms with Crippen LogP contribution < -0.4 is 4.74 Å². The predicted octanol–water partition coefficient (Wildman–Crippen LogP) is 0.962. The largest absolute Gasteiger partial charge is 0.480 e. The zero-order valence-corrected chi connectivity index (χ0v) is 8.74. The molecule has 0 bridgehead atoms. The van der Waals surface area contributed by atoms with Gasteiger partial charge in [-0.25, -0.2) is 0 Å². The van der Waals surface area contributed by atoms with E-state index in [1.807, 2.05) is 30.3 Å². The van der Waals surface area contributed by atoms with Crippen molar-refractivity contribution in [3.05, 3.63) is 47.7 Å². The summed E-state index contributed by atoms with van der Waals surface area (Å²) in [5.74, 6) is 0.284. The van der Waals surface area contributed by atoms with Crippen LogP contribution in [0, 0.1) is 0 Å². The van der Waals surface area contributed by atoms with Gasteiger partial charge in [0, 0.05) is 0 Å². The fourth-order valence-electron chi connectivity index (χ4n) is 1.43. The number of ether oxygens (including phenoxy) is 1. The molecule has 0 saturated heterocycles. The van der Waals surface area contributed by atoms with E-state index in [9.17, 15) is 5.11 Å². The molecule has 0 spiro atoms. The molecular weight excluding hydrogens is 206 g/mol. The lowest BCUT2D eigenvalue weighted by Gasteiger charge is -2.12. The van der Waals surface area contributed by atoms with Crippen LogP contribution in [0.15, 0.2) is 36.5 Å². The van der Waals surface area contributed by atoms with E-state index in [1.54, 1.807) is 0 Å². The minimum absolute atomic E-state index is 0.284. The van der Waals surface area contributed by atoms with Crippen molar-refractivity contribution >= 4 is 0 Å². The summed E-state index contributed by atoms with van der Waals surface area (Å²) in [6.07, 6.45) is 0.642. The van der Waals surface area contributed by atoms with Crippen LogP contribution in [0.3, 0.4) is 0 Å². The van der Waals surface area contributed by atoms with Gasteiger partial charge in [-0.3, -0.25) is 0 Å². The van der Waals surface area contributed by atoms with E-state index < -0.39 is 6.10 Å². The van der Waals surface area contributed by atoms with Crippen LogP contribution in [-0.2, 0) is 0 Å². The van der Waals surface area contributed by atoms with Crippen molar-refractivity contribution in [1.82, 2.24) is 15.4 Å². The van der Waals surface area contributed by atoms with Crippen LogP contribution in [0.2, 0.25) is 0 Å². The predicted molar refractivity (Wildman–Crippen MR) is 56.9 cm³/mol. The average Bonchev–Trinajstić information content (AvgIpc) is 2.39. The van der Waals surface area contributed by atoms with Gasteiger partial charge >= 0.3 is 0 Å².